The Labute approximate surface area is 185 Å². The zero-order chi connectivity index (χ0) is 21.1. The smallest absolute Gasteiger partial charge is 0.255 e. The van der Waals surface area contributed by atoms with E-state index in [0.29, 0.717) is 24.4 Å². The summed E-state index contributed by atoms with van der Waals surface area (Å²) < 4.78 is 6.04. The quantitative estimate of drug-likeness (QED) is 0.670. The van der Waals surface area contributed by atoms with Crippen LogP contribution in [0.5, 0.6) is 5.75 Å². The highest BCUT2D eigenvalue weighted by Gasteiger charge is 2.25. The summed E-state index contributed by atoms with van der Waals surface area (Å²) >= 11 is 3.48. The van der Waals surface area contributed by atoms with Gasteiger partial charge in [0.1, 0.15) is 5.75 Å². The van der Waals surface area contributed by atoms with Crippen molar-refractivity contribution in [1.29, 1.82) is 0 Å². The van der Waals surface area contributed by atoms with Crippen molar-refractivity contribution in [3.63, 3.8) is 0 Å². The number of rotatable bonds is 4. The van der Waals surface area contributed by atoms with Crippen LogP contribution in [0.4, 0.5) is 11.6 Å². The van der Waals surface area contributed by atoms with Crippen molar-refractivity contribution in [3.8, 4) is 5.75 Å². The summed E-state index contributed by atoms with van der Waals surface area (Å²) in [5.41, 5.74) is 0.624. The fourth-order valence-corrected chi connectivity index (χ4v) is 4.21. The van der Waals surface area contributed by atoms with E-state index in [2.05, 4.69) is 53.9 Å². The standard InChI is InChI=1S/C21H27BrN6O2/c1-25-7-9-26(10-8-25)19-5-6-20(24-23-19)27-11-13-28(14-12-27)21(29)17-15-16(30-2)3-4-18(17)22/h3-6,15H,7-14H2,1-2H3. The monoisotopic (exact) mass is 474 g/mol. The minimum atomic E-state index is 0.0110. The van der Waals surface area contributed by atoms with Crippen molar-refractivity contribution in [3.05, 3.63) is 40.4 Å². The molecule has 0 N–H and O–H groups in total. The molecule has 2 aromatic rings. The first-order chi connectivity index (χ1) is 14.5. The molecule has 1 aromatic heterocycles. The van der Waals surface area contributed by atoms with Gasteiger partial charge < -0.3 is 24.3 Å². The molecule has 1 amide bonds. The summed E-state index contributed by atoms with van der Waals surface area (Å²) in [4.78, 5) is 21.6. The summed E-state index contributed by atoms with van der Waals surface area (Å²) in [5, 5.41) is 8.90. The highest BCUT2D eigenvalue weighted by Crippen LogP contribution is 2.25. The van der Waals surface area contributed by atoms with E-state index in [0.717, 1.165) is 55.4 Å². The van der Waals surface area contributed by atoms with Crippen LogP contribution in [0.1, 0.15) is 10.4 Å². The summed E-state index contributed by atoms with van der Waals surface area (Å²) in [6.45, 7) is 6.79. The second kappa shape index (κ2) is 9.18. The molecular formula is C21H27BrN6O2. The maximum Gasteiger partial charge on any atom is 0.255 e. The molecule has 2 aliphatic heterocycles. The van der Waals surface area contributed by atoms with Gasteiger partial charge in [-0.1, -0.05) is 0 Å². The van der Waals surface area contributed by atoms with Gasteiger partial charge in [0.15, 0.2) is 11.6 Å². The normalized spacial score (nSPS) is 17.9. The summed E-state index contributed by atoms with van der Waals surface area (Å²) in [5.74, 6) is 2.49. The molecule has 0 unspecified atom stereocenters. The lowest BCUT2D eigenvalue weighted by atomic mass is 10.1. The number of carbonyl (C=O) groups excluding carboxylic acids is 1. The lowest BCUT2D eigenvalue weighted by Crippen LogP contribution is -2.49. The number of likely N-dealkylation sites (N-methyl/N-ethyl adjacent to an activating group) is 1. The van der Waals surface area contributed by atoms with E-state index in [9.17, 15) is 4.79 Å². The highest BCUT2D eigenvalue weighted by molar-refractivity contribution is 9.10. The third-order valence-corrected chi connectivity index (χ3v) is 6.45. The molecule has 2 aliphatic rings. The summed E-state index contributed by atoms with van der Waals surface area (Å²) in [6, 6.07) is 9.56. The molecule has 2 saturated heterocycles. The molecule has 2 fully saturated rings. The van der Waals surface area contributed by atoms with Crippen LogP contribution in [0.2, 0.25) is 0 Å². The molecule has 3 heterocycles. The second-order valence-corrected chi connectivity index (χ2v) is 8.52. The molecule has 4 rings (SSSR count). The van der Waals surface area contributed by atoms with E-state index < -0.39 is 0 Å². The number of ether oxygens (including phenoxy) is 1. The van der Waals surface area contributed by atoms with Crippen molar-refractivity contribution in [2.24, 2.45) is 0 Å². The molecule has 0 aliphatic carbocycles. The van der Waals surface area contributed by atoms with Crippen LogP contribution in [0.15, 0.2) is 34.8 Å². The predicted molar refractivity (Wildman–Crippen MR) is 121 cm³/mol. The number of methoxy groups -OCH3 is 1. The van der Waals surface area contributed by atoms with Gasteiger partial charge >= 0.3 is 0 Å². The third-order valence-electron chi connectivity index (χ3n) is 5.76. The second-order valence-electron chi connectivity index (χ2n) is 7.67. The first-order valence-electron chi connectivity index (χ1n) is 10.2. The van der Waals surface area contributed by atoms with Gasteiger partial charge in [0.25, 0.3) is 5.91 Å². The zero-order valence-corrected chi connectivity index (χ0v) is 19.0. The number of hydrogen-bond donors (Lipinski definition) is 0. The van der Waals surface area contributed by atoms with Gasteiger partial charge in [0.2, 0.25) is 0 Å². The Hall–Kier alpha value is -2.39. The van der Waals surface area contributed by atoms with Crippen LogP contribution in [0, 0.1) is 0 Å². The maximum atomic E-state index is 13.0. The predicted octanol–water partition coefficient (Wildman–Crippen LogP) is 1.96. The number of benzene rings is 1. The van der Waals surface area contributed by atoms with Crippen LogP contribution in [-0.2, 0) is 0 Å². The Bertz CT molecular complexity index is 878. The first-order valence-corrected chi connectivity index (χ1v) is 11.0. The molecule has 9 heteroatoms. The lowest BCUT2D eigenvalue weighted by molar-refractivity contribution is 0.0745. The van der Waals surface area contributed by atoms with E-state index in [1.165, 1.54) is 0 Å². The largest absolute Gasteiger partial charge is 0.497 e. The topological polar surface area (TPSA) is 65.0 Å². The van der Waals surface area contributed by atoms with Crippen LogP contribution in [0.25, 0.3) is 0 Å². The zero-order valence-electron chi connectivity index (χ0n) is 17.4. The Morgan fingerprint density at radius 2 is 1.47 bits per heavy atom. The molecule has 0 spiro atoms. The van der Waals surface area contributed by atoms with Gasteiger partial charge in [-0.2, -0.15) is 0 Å². The fraction of sp³-hybridized carbons (Fsp3) is 0.476. The summed E-state index contributed by atoms with van der Waals surface area (Å²) in [7, 11) is 3.75. The number of carbonyl (C=O) groups is 1. The molecule has 0 atom stereocenters. The minimum absolute atomic E-state index is 0.0110. The van der Waals surface area contributed by atoms with Crippen molar-refractivity contribution in [2.75, 3.05) is 76.3 Å². The maximum absolute atomic E-state index is 13.0. The number of aromatic nitrogens is 2. The SMILES string of the molecule is COc1ccc(Br)c(C(=O)N2CCN(c3ccc(N4CCN(C)CC4)nn3)CC2)c1. The number of piperazine rings is 2. The molecule has 0 saturated carbocycles. The molecule has 0 bridgehead atoms. The van der Waals surface area contributed by atoms with Crippen LogP contribution in [0.3, 0.4) is 0 Å². The van der Waals surface area contributed by atoms with Crippen molar-refractivity contribution < 1.29 is 9.53 Å². The van der Waals surface area contributed by atoms with E-state index in [4.69, 9.17) is 4.74 Å². The van der Waals surface area contributed by atoms with Crippen molar-refractivity contribution in [2.45, 2.75) is 0 Å². The molecule has 30 heavy (non-hydrogen) atoms. The Kier molecular flexibility index (Phi) is 6.38. The van der Waals surface area contributed by atoms with Crippen LogP contribution in [-0.4, -0.2) is 92.4 Å². The minimum Gasteiger partial charge on any atom is -0.497 e. The van der Waals surface area contributed by atoms with Gasteiger partial charge in [-0.05, 0) is 53.3 Å². The van der Waals surface area contributed by atoms with Crippen LogP contribution < -0.4 is 14.5 Å². The average molecular weight is 475 g/mol. The average Bonchev–Trinajstić information content (AvgIpc) is 2.80. The van der Waals surface area contributed by atoms with E-state index in [1.807, 2.05) is 23.1 Å². The molecule has 8 nitrogen and oxygen atoms in total. The van der Waals surface area contributed by atoms with Gasteiger partial charge in [0, 0.05) is 56.8 Å². The molecule has 160 valence electrons. The fourth-order valence-electron chi connectivity index (χ4n) is 3.80. The highest BCUT2D eigenvalue weighted by atomic mass is 79.9. The molecule has 0 radical (unpaired) electrons. The van der Waals surface area contributed by atoms with Gasteiger partial charge in [-0.25, -0.2) is 0 Å². The van der Waals surface area contributed by atoms with E-state index in [-0.39, 0.29) is 5.91 Å². The Morgan fingerprint density at radius 3 is 2.00 bits per heavy atom. The van der Waals surface area contributed by atoms with Gasteiger partial charge in [-0.15, -0.1) is 10.2 Å². The molecule has 1 aromatic carbocycles. The molecular weight excluding hydrogens is 448 g/mol. The Morgan fingerprint density at radius 1 is 0.900 bits per heavy atom. The van der Waals surface area contributed by atoms with Crippen molar-refractivity contribution >= 4 is 33.5 Å². The third kappa shape index (κ3) is 4.52. The number of nitrogens with zero attached hydrogens (tertiary/aromatic N) is 6. The Balaban J connectivity index is 1.36. The number of amides is 1. The van der Waals surface area contributed by atoms with Gasteiger partial charge in [-0.3, -0.25) is 4.79 Å². The lowest BCUT2D eigenvalue weighted by Gasteiger charge is -2.36. The number of anilines is 2. The number of hydrogen-bond acceptors (Lipinski definition) is 7. The van der Waals surface area contributed by atoms with E-state index in [1.54, 1.807) is 13.2 Å². The van der Waals surface area contributed by atoms with Crippen molar-refractivity contribution in [1.82, 2.24) is 20.0 Å². The first kappa shape index (κ1) is 20.9. The number of halogens is 1. The summed E-state index contributed by atoms with van der Waals surface area (Å²) in [6.07, 6.45) is 0. The van der Waals surface area contributed by atoms with Crippen LogP contribution >= 0.6 is 15.9 Å². The van der Waals surface area contributed by atoms with Gasteiger partial charge in [0.05, 0.1) is 12.7 Å². The van der Waals surface area contributed by atoms with E-state index >= 15 is 0 Å².